The molecule has 0 spiro atoms. The molecular formula is C33H45AlO3. The number of hydrogen-bond acceptors (Lipinski definition) is 3. The lowest BCUT2D eigenvalue weighted by Crippen LogP contribution is -2.37. The lowest BCUT2D eigenvalue weighted by molar-refractivity contribution is 0.304. The van der Waals surface area contributed by atoms with Crippen molar-refractivity contribution in [1.29, 1.82) is 0 Å². The first kappa shape index (κ1) is 29.2. The summed E-state index contributed by atoms with van der Waals surface area (Å²) in [6, 6.07) is 19.2. The van der Waals surface area contributed by atoms with Crippen LogP contribution >= 0.6 is 0 Å². The van der Waals surface area contributed by atoms with Crippen LogP contribution in [0.25, 0.3) is 0 Å². The van der Waals surface area contributed by atoms with Crippen molar-refractivity contribution in [3.8, 4) is 17.2 Å². The molecule has 0 aliphatic rings. The second-order valence-electron chi connectivity index (χ2n) is 13.3. The molecule has 198 valence electrons. The zero-order chi connectivity index (χ0) is 27.8. The average Bonchev–Trinajstić information content (AvgIpc) is 2.75. The Hall–Kier alpha value is -2.41. The summed E-state index contributed by atoms with van der Waals surface area (Å²) in [6.07, 6.45) is 0. The minimum Gasteiger partial charge on any atom is -0.577 e. The van der Waals surface area contributed by atoms with Gasteiger partial charge in [0.05, 0.1) is 17.2 Å². The molecule has 0 saturated carbocycles. The Morgan fingerprint density at radius 3 is 0.865 bits per heavy atom. The van der Waals surface area contributed by atoms with E-state index in [-0.39, 0.29) is 16.2 Å². The predicted molar refractivity (Wildman–Crippen MR) is 157 cm³/mol. The summed E-state index contributed by atoms with van der Waals surface area (Å²) in [5, 5.41) is 0. The number of hydrogen-bond donors (Lipinski definition) is 0. The highest BCUT2D eigenvalue weighted by molar-refractivity contribution is 6.39. The van der Waals surface area contributed by atoms with Gasteiger partial charge in [-0.1, -0.05) is 98.7 Å². The fourth-order valence-electron chi connectivity index (χ4n) is 4.13. The minimum atomic E-state index is -2.67. The van der Waals surface area contributed by atoms with E-state index >= 15 is 0 Å². The molecule has 0 heterocycles. The largest absolute Gasteiger partial charge is 1.20 e. The van der Waals surface area contributed by atoms with Crippen LogP contribution in [0.1, 0.15) is 95.7 Å². The van der Waals surface area contributed by atoms with Gasteiger partial charge < -0.3 is 11.4 Å². The van der Waals surface area contributed by atoms with Crippen LogP contribution in [0.2, 0.25) is 0 Å². The second-order valence-corrected chi connectivity index (χ2v) is 14.6. The first-order valence-corrected chi connectivity index (χ1v) is 14.7. The maximum absolute atomic E-state index is 6.52. The van der Waals surface area contributed by atoms with Gasteiger partial charge in [0.1, 0.15) is 0 Å². The Labute approximate surface area is 230 Å². The summed E-state index contributed by atoms with van der Waals surface area (Å²) in [6.45, 7) is 26.3. The van der Waals surface area contributed by atoms with Crippen LogP contribution in [0.15, 0.2) is 54.6 Å². The monoisotopic (exact) mass is 516 g/mol. The highest BCUT2D eigenvalue weighted by atomic mass is 27.3. The maximum atomic E-state index is 6.52. The SMILES string of the molecule is Cc1cc(C(C)(C)C)ccc1[O][Al]([O]c1ccc(C(C)(C)C)cc1C)[O]c1ccc(C(C)(C)C)cc1C. The molecule has 3 aromatic carbocycles. The Kier molecular flexibility index (Phi) is 8.48. The van der Waals surface area contributed by atoms with Gasteiger partial charge >= 0.3 is 15.1 Å². The highest BCUT2D eigenvalue weighted by Gasteiger charge is 2.45. The molecule has 0 aliphatic heterocycles. The third-order valence-electron chi connectivity index (χ3n) is 6.79. The summed E-state index contributed by atoms with van der Waals surface area (Å²) in [7, 11) is 0. The van der Waals surface area contributed by atoms with E-state index in [9.17, 15) is 0 Å². The van der Waals surface area contributed by atoms with Crippen molar-refractivity contribution < 1.29 is 11.4 Å². The van der Waals surface area contributed by atoms with Gasteiger partial charge in [-0.25, -0.2) is 0 Å². The van der Waals surface area contributed by atoms with Crippen molar-refractivity contribution in [2.45, 2.75) is 99.3 Å². The second kappa shape index (κ2) is 10.8. The van der Waals surface area contributed by atoms with Gasteiger partial charge in [-0.05, 0) is 88.6 Å². The highest BCUT2D eigenvalue weighted by Crippen LogP contribution is 2.32. The fourth-order valence-corrected chi connectivity index (χ4v) is 5.69. The molecule has 0 unspecified atom stereocenters. The molecule has 0 aromatic heterocycles. The average molecular weight is 517 g/mol. The standard InChI is InChI=1S/3C11H16O.Al/c3*1-8-7-9(11(2,3)4)5-6-10(8)12;/h3*5-7,12H,1-4H3;/q;;;+3/p-3. The first-order valence-electron chi connectivity index (χ1n) is 13.3. The van der Waals surface area contributed by atoms with Crippen LogP contribution < -0.4 is 11.4 Å². The van der Waals surface area contributed by atoms with Crippen LogP contribution in [-0.4, -0.2) is 15.1 Å². The van der Waals surface area contributed by atoms with Crippen molar-refractivity contribution in [1.82, 2.24) is 0 Å². The molecule has 3 nitrogen and oxygen atoms in total. The van der Waals surface area contributed by atoms with Crippen molar-refractivity contribution in [2.24, 2.45) is 0 Å². The van der Waals surface area contributed by atoms with E-state index in [1.54, 1.807) is 0 Å². The molecule has 37 heavy (non-hydrogen) atoms. The van der Waals surface area contributed by atoms with E-state index in [1.165, 1.54) is 16.7 Å². The third-order valence-corrected chi connectivity index (χ3v) is 8.13. The summed E-state index contributed by atoms with van der Waals surface area (Å²) in [5.41, 5.74) is 7.30. The van der Waals surface area contributed by atoms with Gasteiger partial charge in [-0.3, -0.25) is 0 Å². The lowest BCUT2D eigenvalue weighted by Gasteiger charge is -2.24. The van der Waals surface area contributed by atoms with E-state index in [2.05, 4.69) is 119 Å². The van der Waals surface area contributed by atoms with Crippen LogP contribution in [0.4, 0.5) is 0 Å². The van der Waals surface area contributed by atoms with E-state index < -0.39 is 15.1 Å². The van der Waals surface area contributed by atoms with Gasteiger partial charge in [0.2, 0.25) is 0 Å². The molecule has 0 bridgehead atoms. The summed E-state index contributed by atoms with van der Waals surface area (Å²) >= 11 is -2.67. The van der Waals surface area contributed by atoms with Crippen LogP contribution in [0, 0.1) is 20.8 Å². The van der Waals surface area contributed by atoms with Crippen LogP contribution in [0.5, 0.6) is 17.2 Å². The minimum absolute atomic E-state index is 0.0744. The van der Waals surface area contributed by atoms with Gasteiger partial charge in [0.15, 0.2) is 0 Å². The molecule has 0 amide bonds. The Morgan fingerprint density at radius 1 is 0.432 bits per heavy atom. The van der Waals surface area contributed by atoms with Crippen molar-refractivity contribution in [2.75, 3.05) is 0 Å². The molecule has 0 aliphatic carbocycles. The Balaban J connectivity index is 1.96. The first-order chi connectivity index (χ1) is 16.9. The molecule has 0 atom stereocenters. The van der Waals surface area contributed by atoms with Crippen molar-refractivity contribution in [3.63, 3.8) is 0 Å². The van der Waals surface area contributed by atoms with Crippen LogP contribution in [-0.2, 0) is 16.2 Å². The topological polar surface area (TPSA) is 27.7 Å². The molecular weight excluding hydrogens is 471 g/mol. The Bertz CT molecular complexity index is 1080. The molecule has 0 fully saturated rings. The number of rotatable bonds is 6. The zero-order valence-corrected chi connectivity index (χ0v) is 26.2. The normalized spacial score (nSPS) is 12.3. The van der Waals surface area contributed by atoms with Crippen molar-refractivity contribution >= 4 is 15.1 Å². The van der Waals surface area contributed by atoms with Gasteiger partial charge in [-0.2, -0.15) is 0 Å². The third kappa shape index (κ3) is 7.56. The molecule has 0 radical (unpaired) electrons. The van der Waals surface area contributed by atoms with Crippen molar-refractivity contribution in [3.05, 3.63) is 88.0 Å². The van der Waals surface area contributed by atoms with E-state index in [1.807, 2.05) is 18.2 Å². The quantitative estimate of drug-likeness (QED) is 0.306. The van der Waals surface area contributed by atoms with E-state index in [4.69, 9.17) is 11.4 Å². The maximum Gasteiger partial charge on any atom is 1.20 e. The zero-order valence-electron chi connectivity index (χ0n) is 25.0. The molecule has 0 saturated heterocycles. The summed E-state index contributed by atoms with van der Waals surface area (Å²) < 4.78 is 19.6. The lowest BCUT2D eigenvalue weighted by atomic mass is 9.86. The van der Waals surface area contributed by atoms with Gasteiger partial charge in [0, 0.05) is 0 Å². The smallest absolute Gasteiger partial charge is 0.577 e. The molecule has 4 heteroatoms. The van der Waals surface area contributed by atoms with E-state index in [0.717, 1.165) is 33.9 Å². The van der Waals surface area contributed by atoms with Crippen LogP contribution in [0.3, 0.4) is 0 Å². The van der Waals surface area contributed by atoms with Gasteiger partial charge in [0.25, 0.3) is 0 Å². The van der Waals surface area contributed by atoms with E-state index in [0.29, 0.717) is 0 Å². The Morgan fingerprint density at radius 2 is 0.676 bits per heavy atom. The molecule has 0 N–H and O–H groups in total. The predicted octanol–water partition coefficient (Wildman–Crippen LogP) is 9.03. The number of benzene rings is 3. The molecule has 3 aromatic rings. The summed E-state index contributed by atoms with van der Waals surface area (Å²) in [4.78, 5) is 0. The number of aryl methyl sites for hydroxylation is 3. The van der Waals surface area contributed by atoms with Gasteiger partial charge in [-0.15, -0.1) is 0 Å². The summed E-state index contributed by atoms with van der Waals surface area (Å²) in [5.74, 6) is 2.41. The molecule has 3 rings (SSSR count). The fraction of sp³-hybridized carbons (Fsp3) is 0.455.